The molecule has 0 amide bonds. The van der Waals surface area contributed by atoms with Crippen LogP contribution in [0, 0.1) is 0 Å². The molecule has 2 heteroatoms. The van der Waals surface area contributed by atoms with Crippen molar-refractivity contribution in [3.8, 4) is 0 Å². The van der Waals surface area contributed by atoms with Crippen LogP contribution in [0.3, 0.4) is 0 Å². The molecule has 0 aliphatic heterocycles. The number of nitrogens with zero attached hydrogens (tertiary/aromatic N) is 1. The predicted molar refractivity (Wildman–Crippen MR) is 80.0 cm³/mol. The fourth-order valence-electron chi connectivity index (χ4n) is 2.15. The highest BCUT2D eigenvalue weighted by Gasteiger charge is 1.97. The lowest BCUT2D eigenvalue weighted by molar-refractivity contribution is 0.298. The minimum absolute atomic E-state index is 1.13. The third kappa shape index (κ3) is 6.77. The van der Waals surface area contributed by atoms with Crippen LogP contribution in [0.4, 0.5) is 0 Å². The van der Waals surface area contributed by atoms with Crippen LogP contribution in [0.5, 0.6) is 0 Å². The molecular weight excluding hydrogens is 220 g/mol. The average molecular weight is 248 g/mol. The molecule has 0 aromatic heterocycles. The van der Waals surface area contributed by atoms with Crippen LogP contribution in [-0.2, 0) is 6.42 Å². The maximum absolute atomic E-state index is 3.53. The summed E-state index contributed by atoms with van der Waals surface area (Å²) in [5, 5.41) is 3.53. The van der Waals surface area contributed by atoms with Crippen molar-refractivity contribution in [2.75, 3.05) is 32.7 Å². The Morgan fingerprint density at radius 1 is 0.944 bits per heavy atom. The first kappa shape index (κ1) is 15.2. The Hall–Kier alpha value is -0.860. The highest BCUT2D eigenvalue weighted by Crippen LogP contribution is 2.01. The molecule has 102 valence electrons. The molecular formula is C16H28N2. The molecule has 0 saturated heterocycles. The molecule has 0 unspecified atom stereocenters. The lowest BCUT2D eigenvalue weighted by atomic mass is 10.1. The summed E-state index contributed by atoms with van der Waals surface area (Å²) in [7, 11) is 0. The number of nitrogens with one attached hydrogen (secondary N) is 1. The van der Waals surface area contributed by atoms with Gasteiger partial charge in [0.2, 0.25) is 0 Å². The van der Waals surface area contributed by atoms with Gasteiger partial charge in [-0.3, -0.25) is 0 Å². The lowest BCUT2D eigenvalue weighted by Crippen LogP contribution is -2.27. The van der Waals surface area contributed by atoms with Crippen LogP contribution in [-0.4, -0.2) is 37.6 Å². The summed E-state index contributed by atoms with van der Waals surface area (Å²) in [4.78, 5) is 2.48. The number of hydrogen-bond donors (Lipinski definition) is 1. The predicted octanol–water partition coefficient (Wildman–Crippen LogP) is 2.94. The summed E-state index contributed by atoms with van der Waals surface area (Å²) in [5.74, 6) is 0. The van der Waals surface area contributed by atoms with Crippen molar-refractivity contribution in [3.63, 3.8) is 0 Å². The van der Waals surface area contributed by atoms with Crippen molar-refractivity contribution in [3.05, 3.63) is 35.9 Å². The zero-order chi connectivity index (χ0) is 13.1. The Bertz CT molecular complexity index is 280. The van der Waals surface area contributed by atoms with E-state index in [1.807, 2.05) is 0 Å². The standard InChI is InChI=1S/C16H28N2/c1-3-18(4-2)15-9-14-17-13-8-12-16-10-6-5-7-11-16/h5-7,10-11,17H,3-4,8-9,12-15H2,1-2H3. The minimum atomic E-state index is 1.13. The van der Waals surface area contributed by atoms with Crippen LogP contribution in [0.25, 0.3) is 0 Å². The second-order valence-corrected chi connectivity index (χ2v) is 4.72. The lowest BCUT2D eigenvalue weighted by Gasteiger charge is -2.17. The molecule has 1 aromatic rings. The maximum Gasteiger partial charge on any atom is -0.000687 e. The van der Waals surface area contributed by atoms with E-state index in [1.165, 1.54) is 44.5 Å². The van der Waals surface area contributed by atoms with Gasteiger partial charge in [-0.25, -0.2) is 0 Å². The number of rotatable bonds is 10. The first-order valence-electron chi connectivity index (χ1n) is 7.33. The van der Waals surface area contributed by atoms with Crippen LogP contribution >= 0.6 is 0 Å². The SMILES string of the molecule is CCN(CC)CCCNCCCc1ccccc1. The summed E-state index contributed by atoms with van der Waals surface area (Å²) < 4.78 is 0. The van der Waals surface area contributed by atoms with Gasteiger partial charge in [0.25, 0.3) is 0 Å². The molecule has 18 heavy (non-hydrogen) atoms. The van der Waals surface area contributed by atoms with E-state index in [0.717, 1.165) is 13.1 Å². The van der Waals surface area contributed by atoms with Crippen molar-refractivity contribution in [1.29, 1.82) is 0 Å². The second-order valence-electron chi connectivity index (χ2n) is 4.72. The third-order valence-corrected chi connectivity index (χ3v) is 3.38. The molecule has 1 rings (SSSR count). The van der Waals surface area contributed by atoms with Crippen LogP contribution in [0.2, 0.25) is 0 Å². The highest BCUT2D eigenvalue weighted by atomic mass is 15.1. The first-order valence-corrected chi connectivity index (χ1v) is 7.33. The Labute approximate surface area is 112 Å². The quantitative estimate of drug-likeness (QED) is 0.640. The monoisotopic (exact) mass is 248 g/mol. The van der Waals surface area contributed by atoms with E-state index in [-0.39, 0.29) is 0 Å². The fraction of sp³-hybridized carbons (Fsp3) is 0.625. The highest BCUT2D eigenvalue weighted by molar-refractivity contribution is 5.14. The molecule has 2 nitrogen and oxygen atoms in total. The first-order chi connectivity index (χ1) is 8.86. The normalized spacial score (nSPS) is 11.1. The number of aryl methyl sites for hydroxylation is 1. The summed E-state index contributed by atoms with van der Waals surface area (Å²) >= 11 is 0. The van der Waals surface area contributed by atoms with E-state index < -0.39 is 0 Å². The molecule has 0 heterocycles. The van der Waals surface area contributed by atoms with Gasteiger partial charge in [0.15, 0.2) is 0 Å². The van der Waals surface area contributed by atoms with Gasteiger partial charge >= 0.3 is 0 Å². The zero-order valence-corrected chi connectivity index (χ0v) is 12.0. The van der Waals surface area contributed by atoms with Crippen molar-refractivity contribution >= 4 is 0 Å². The van der Waals surface area contributed by atoms with E-state index in [1.54, 1.807) is 0 Å². The molecule has 0 spiro atoms. The minimum Gasteiger partial charge on any atom is -0.317 e. The Morgan fingerprint density at radius 2 is 1.61 bits per heavy atom. The van der Waals surface area contributed by atoms with E-state index in [2.05, 4.69) is 54.4 Å². The number of benzene rings is 1. The molecule has 0 bridgehead atoms. The summed E-state index contributed by atoms with van der Waals surface area (Å²) in [5.41, 5.74) is 1.45. The van der Waals surface area contributed by atoms with E-state index in [0.29, 0.717) is 0 Å². The van der Waals surface area contributed by atoms with Gasteiger partial charge in [0.1, 0.15) is 0 Å². The van der Waals surface area contributed by atoms with Crippen molar-refractivity contribution in [2.45, 2.75) is 33.1 Å². The van der Waals surface area contributed by atoms with Gasteiger partial charge in [-0.2, -0.15) is 0 Å². The van der Waals surface area contributed by atoms with Crippen LogP contribution in [0.1, 0.15) is 32.3 Å². The third-order valence-electron chi connectivity index (χ3n) is 3.38. The van der Waals surface area contributed by atoms with Crippen molar-refractivity contribution in [2.24, 2.45) is 0 Å². The molecule has 0 saturated carbocycles. The Kier molecular flexibility index (Phi) is 8.53. The van der Waals surface area contributed by atoms with Gasteiger partial charge < -0.3 is 10.2 Å². The van der Waals surface area contributed by atoms with Gasteiger partial charge in [0, 0.05) is 0 Å². The molecule has 1 N–H and O–H groups in total. The van der Waals surface area contributed by atoms with Crippen LogP contribution < -0.4 is 5.32 Å². The topological polar surface area (TPSA) is 15.3 Å². The molecule has 0 radical (unpaired) electrons. The maximum atomic E-state index is 3.53. The number of hydrogen-bond acceptors (Lipinski definition) is 2. The van der Waals surface area contributed by atoms with Crippen LogP contribution in [0.15, 0.2) is 30.3 Å². The van der Waals surface area contributed by atoms with Gasteiger partial charge in [-0.15, -0.1) is 0 Å². The largest absolute Gasteiger partial charge is 0.317 e. The smallest absolute Gasteiger partial charge is 0.000687 e. The Morgan fingerprint density at radius 3 is 2.28 bits per heavy atom. The molecule has 0 aliphatic carbocycles. The van der Waals surface area contributed by atoms with E-state index in [4.69, 9.17) is 0 Å². The van der Waals surface area contributed by atoms with E-state index in [9.17, 15) is 0 Å². The summed E-state index contributed by atoms with van der Waals surface area (Å²) in [6.45, 7) is 10.3. The summed E-state index contributed by atoms with van der Waals surface area (Å²) in [6, 6.07) is 10.7. The molecule has 0 atom stereocenters. The fourth-order valence-corrected chi connectivity index (χ4v) is 2.15. The van der Waals surface area contributed by atoms with E-state index >= 15 is 0 Å². The molecule has 0 fully saturated rings. The van der Waals surface area contributed by atoms with Crippen molar-refractivity contribution in [1.82, 2.24) is 10.2 Å². The Balaban J connectivity index is 1.93. The van der Waals surface area contributed by atoms with Gasteiger partial charge in [0.05, 0.1) is 0 Å². The van der Waals surface area contributed by atoms with Gasteiger partial charge in [-0.1, -0.05) is 44.2 Å². The molecule has 1 aromatic carbocycles. The molecule has 0 aliphatic rings. The average Bonchev–Trinajstić information content (AvgIpc) is 2.43. The zero-order valence-electron chi connectivity index (χ0n) is 12.0. The van der Waals surface area contributed by atoms with Gasteiger partial charge in [-0.05, 0) is 57.5 Å². The summed E-state index contributed by atoms with van der Waals surface area (Å²) in [6.07, 6.45) is 3.67. The second kappa shape index (κ2) is 10.1. The van der Waals surface area contributed by atoms with Crippen molar-refractivity contribution < 1.29 is 0 Å².